The molecule has 128 valence electrons. The highest BCUT2D eigenvalue weighted by molar-refractivity contribution is 5.83. The van der Waals surface area contributed by atoms with Gasteiger partial charge in [0, 0.05) is 6.42 Å². The van der Waals surface area contributed by atoms with Gasteiger partial charge in [-0.2, -0.15) is 0 Å². The first-order valence-corrected chi connectivity index (χ1v) is 6.81. The van der Waals surface area contributed by atoms with Crippen molar-refractivity contribution in [2.45, 2.75) is 25.4 Å². The molecule has 0 bridgehead atoms. The molecule has 10 heteroatoms. The topological polar surface area (TPSA) is 121 Å². The molecule has 24 heavy (non-hydrogen) atoms. The first-order chi connectivity index (χ1) is 11.3. The van der Waals surface area contributed by atoms with Gasteiger partial charge in [-0.25, -0.2) is 18.4 Å². The smallest absolute Gasteiger partial charge is 0.329 e. The van der Waals surface area contributed by atoms with Crippen LogP contribution >= 0.6 is 0 Å². The summed E-state index contributed by atoms with van der Waals surface area (Å²) in [5.74, 6) is -2.67. The monoisotopic (exact) mass is 341 g/mol. The number of fused-ring (bicyclic) bond motifs is 1. The average Bonchev–Trinajstić information content (AvgIpc) is 2.50. The Labute approximate surface area is 132 Å². The van der Waals surface area contributed by atoms with Crippen LogP contribution in [0.25, 0.3) is 10.9 Å². The maximum Gasteiger partial charge on any atom is 0.329 e. The molecule has 8 nitrogen and oxygen atoms in total. The number of carbonyl (C=O) groups is 2. The number of alkyl halides is 2. The Kier molecular flexibility index (Phi) is 5.07. The molecule has 2 rings (SSSR count). The minimum Gasteiger partial charge on any atom is -0.480 e. The standard InChI is InChI=1S/C14H13F2N3O5/c15-10(16)5-9(13(22)23)17-11(20)6-19-12(21)7-3-1-2-4-8(7)18-14(19)24/h1-4,9-10H,5-6H2,(H,17,20)(H,18,24)(H,22,23). The predicted octanol–water partition coefficient (Wildman–Crippen LogP) is -0.0856. The van der Waals surface area contributed by atoms with E-state index in [9.17, 15) is 28.0 Å². The van der Waals surface area contributed by atoms with Gasteiger partial charge in [-0.1, -0.05) is 12.1 Å². The average molecular weight is 341 g/mol. The second kappa shape index (κ2) is 7.02. The van der Waals surface area contributed by atoms with Gasteiger partial charge in [-0.3, -0.25) is 14.2 Å². The summed E-state index contributed by atoms with van der Waals surface area (Å²) in [5.41, 5.74) is -1.33. The van der Waals surface area contributed by atoms with Crippen molar-refractivity contribution in [2.24, 2.45) is 0 Å². The van der Waals surface area contributed by atoms with E-state index >= 15 is 0 Å². The third-order valence-electron chi connectivity index (χ3n) is 3.24. The fourth-order valence-corrected chi connectivity index (χ4v) is 2.13. The number of aliphatic carboxylic acids is 1. The van der Waals surface area contributed by atoms with E-state index in [1.165, 1.54) is 12.1 Å². The second-order valence-electron chi connectivity index (χ2n) is 4.95. The largest absolute Gasteiger partial charge is 0.480 e. The maximum absolute atomic E-state index is 12.3. The lowest BCUT2D eigenvalue weighted by Crippen LogP contribution is -2.46. The lowest BCUT2D eigenvalue weighted by Gasteiger charge is -2.14. The lowest BCUT2D eigenvalue weighted by atomic mass is 10.2. The molecule has 0 fully saturated rings. The van der Waals surface area contributed by atoms with Crippen LogP contribution in [-0.2, 0) is 16.1 Å². The third kappa shape index (κ3) is 3.83. The fourth-order valence-electron chi connectivity index (χ4n) is 2.13. The fraction of sp³-hybridized carbons (Fsp3) is 0.286. The van der Waals surface area contributed by atoms with Crippen molar-refractivity contribution in [1.82, 2.24) is 14.9 Å². The minimum atomic E-state index is -2.93. The molecular weight excluding hydrogens is 328 g/mol. The molecule has 0 aliphatic rings. The molecular formula is C14H13F2N3O5. The van der Waals surface area contributed by atoms with Gasteiger partial charge < -0.3 is 15.4 Å². The number of hydrogen-bond donors (Lipinski definition) is 3. The minimum absolute atomic E-state index is 0.160. The van der Waals surface area contributed by atoms with E-state index in [-0.39, 0.29) is 10.9 Å². The summed E-state index contributed by atoms with van der Waals surface area (Å²) in [4.78, 5) is 49.2. The number of benzene rings is 1. The van der Waals surface area contributed by atoms with Crippen molar-refractivity contribution >= 4 is 22.8 Å². The Morgan fingerprint density at radius 2 is 1.92 bits per heavy atom. The Morgan fingerprint density at radius 1 is 1.25 bits per heavy atom. The lowest BCUT2D eigenvalue weighted by molar-refractivity contribution is -0.143. The number of carbonyl (C=O) groups excluding carboxylic acids is 1. The summed E-state index contributed by atoms with van der Waals surface area (Å²) in [6.45, 7) is -0.786. The molecule has 1 atom stereocenters. The molecule has 1 aromatic heterocycles. The first kappa shape index (κ1) is 17.3. The SMILES string of the molecule is O=C(Cn1c(=O)[nH]c2ccccc2c1=O)NC(CC(F)F)C(=O)O. The number of rotatable bonds is 6. The van der Waals surface area contributed by atoms with Crippen LogP contribution in [0, 0.1) is 0 Å². The van der Waals surface area contributed by atoms with Crippen molar-refractivity contribution < 1.29 is 23.5 Å². The number of para-hydroxylation sites is 1. The zero-order chi connectivity index (χ0) is 17.9. The predicted molar refractivity (Wildman–Crippen MR) is 79.0 cm³/mol. The Bertz CT molecular complexity index is 890. The molecule has 0 aliphatic carbocycles. The highest BCUT2D eigenvalue weighted by atomic mass is 19.3. The van der Waals surface area contributed by atoms with Crippen molar-refractivity contribution in [3.63, 3.8) is 0 Å². The Morgan fingerprint density at radius 3 is 2.54 bits per heavy atom. The Balaban J connectivity index is 2.26. The molecule has 0 saturated heterocycles. The summed E-state index contributed by atoms with van der Waals surface area (Å²) < 4.78 is 25.2. The molecule has 2 aromatic rings. The van der Waals surface area contributed by atoms with Crippen LogP contribution in [0.5, 0.6) is 0 Å². The quantitative estimate of drug-likeness (QED) is 0.678. The van der Waals surface area contributed by atoms with E-state index in [1.54, 1.807) is 12.1 Å². The molecule has 1 unspecified atom stereocenters. The van der Waals surface area contributed by atoms with Gasteiger partial charge in [0.1, 0.15) is 12.6 Å². The molecule has 1 aromatic carbocycles. The van der Waals surface area contributed by atoms with Crippen molar-refractivity contribution in [1.29, 1.82) is 0 Å². The number of aromatic amines is 1. The van der Waals surface area contributed by atoms with Gasteiger partial charge in [-0.15, -0.1) is 0 Å². The van der Waals surface area contributed by atoms with E-state index in [0.717, 1.165) is 0 Å². The number of carboxylic acids is 1. The van der Waals surface area contributed by atoms with E-state index < -0.39 is 48.6 Å². The molecule has 0 saturated carbocycles. The normalized spacial score (nSPS) is 12.3. The zero-order valence-electron chi connectivity index (χ0n) is 12.2. The molecule has 1 heterocycles. The summed E-state index contributed by atoms with van der Waals surface area (Å²) >= 11 is 0. The van der Waals surface area contributed by atoms with Gasteiger partial charge in [0.15, 0.2) is 0 Å². The summed E-state index contributed by atoms with van der Waals surface area (Å²) in [7, 11) is 0. The number of nitrogens with zero attached hydrogens (tertiary/aromatic N) is 1. The molecule has 3 N–H and O–H groups in total. The van der Waals surface area contributed by atoms with Gasteiger partial charge in [0.2, 0.25) is 12.3 Å². The van der Waals surface area contributed by atoms with Crippen molar-refractivity contribution in [3.8, 4) is 0 Å². The molecule has 0 spiro atoms. The maximum atomic E-state index is 12.3. The molecule has 0 radical (unpaired) electrons. The van der Waals surface area contributed by atoms with Gasteiger partial charge in [-0.05, 0) is 12.1 Å². The number of carboxylic acid groups (broad SMARTS) is 1. The van der Waals surface area contributed by atoms with Crippen LogP contribution in [0.2, 0.25) is 0 Å². The Hall–Kier alpha value is -3.04. The molecule has 1 amide bonds. The van der Waals surface area contributed by atoms with Crippen LogP contribution in [0.4, 0.5) is 8.78 Å². The molecule has 0 aliphatic heterocycles. The van der Waals surface area contributed by atoms with Gasteiger partial charge in [0.05, 0.1) is 10.9 Å². The first-order valence-electron chi connectivity index (χ1n) is 6.81. The van der Waals surface area contributed by atoms with Crippen LogP contribution in [0.3, 0.4) is 0 Å². The van der Waals surface area contributed by atoms with E-state index in [2.05, 4.69) is 4.98 Å². The van der Waals surface area contributed by atoms with Crippen LogP contribution in [-0.4, -0.2) is 39.0 Å². The van der Waals surface area contributed by atoms with E-state index in [1.807, 2.05) is 5.32 Å². The number of amides is 1. The number of H-pyrrole nitrogens is 1. The van der Waals surface area contributed by atoms with E-state index in [4.69, 9.17) is 5.11 Å². The number of halogens is 2. The number of hydrogen-bond acceptors (Lipinski definition) is 4. The number of aromatic nitrogens is 2. The van der Waals surface area contributed by atoms with Crippen LogP contribution in [0.15, 0.2) is 33.9 Å². The second-order valence-corrected chi connectivity index (χ2v) is 4.95. The summed E-state index contributed by atoms with van der Waals surface area (Å²) in [5, 5.41) is 10.8. The van der Waals surface area contributed by atoms with Crippen molar-refractivity contribution in [2.75, 3.05) is 0 Å². The van der Waals surface area contributed by atoms with E-state index in [0.29, 0.717) is 4.57 Å². The van der Waals surface area contributed by atoms with Gasteiger partial charge in [0.25, 0.3) is 5.56 Å². The van der Waals surface area contributed by atoms with Crippen molar-refractivity contribution in [3.05, 3.63) is 45.1 Å². The highest BCUT2D eigenvalue weighted by Gasteiger charge is 2.24. The highest BCUT2D eigenvalue weighted by Crippen LogP contribution is 2.05. The third-order valence-corrected chi connectivity index (χ3v) is 3.24. The van der Waals surface area contributed by atoms with Crippen LogP contribution in [0.1, 0.15) is 6.42 Å². The summed E-state index contributed by atoms with van der Waals surface area (Å²) in [6.07, 6.45) is -4.01. The summed E-state index contributed by atoms with van der Waals surface area (Å²) in [6, 6.07) is 4.31. The zero-order valence-corrected chi connectivity index (χ0v) is 12.2. The number of nitrogens with one attached hydrogen (secondary N) is 2. The van der Waals surface area contributed by atoms with Gasteiger partial charge >= 0.3 is 11.7 Å². The van der Waals surface area contributed by atoms with Crippen LogP contribution < -0.4 is 16.6 Å².